The molecule has 2 aromatic rings. The third-order valence-electron chi connectivity index (χ3n) is 7.15. The van der Waals surface area contributed by atoms with Crippen molar-refractivity contribution < 1.29 is 28.5 Å². The minimum Gasteiger partial charge on any atom is -0.493 e. The van der Waals surface area contributed by atoms with E-state index in [4.69, 9.17) is 30.5 Å². The van der Waals surface area contributed by atoms with E-state index in [0.29, 0.717) is 35.0 Å². The summed E-state index contributed by atoms with van der Waals surface area (Å²) < 4.78 is 22.3. The van der Waals surface area contributed by atoms with Crippen molar-refractivity contribution in [3.8, 4) is 23.0 Å². The number of hydrogen-bond donors (Lipinski definition) is 1. The van der Waals surface area contributed by atoms with Crippen LogP contribution >= 0.6 is 11.6 Å². The van der Waals surface area contributed by atoms with E-state index in [2.05, 4.69) is 5.32 Å². The number of nitrogens with one attached hydrogen (secondary N) is 1. The molecule has 8 nitrogen and oxygen atoms in total. The van der Waals surface area contributed by atoms with Gasteiger partial charge in [-0.2, -0.15) is 0 Å². The topological polar surface area (TPSA) is 86.3 Å². The normalized spacial score (nSPS) is 14.7. The SMILES string of the molecule is COc1ccc(CCN(C(=O)CCl)C(C(=O)NC2CCCCCC2)c2ccc(OC(C)C)c(OC)c2)cc1OC. The average molecular weight is 575 g/mol. The summed E-state index contributed by atoms with van der Waals surface area (Å²) in [4.78, 5) is 28.9. The first-order valence-electron chi connectivity index (χ1n) is 14.0. The molecule has 0 aliphatic heterocycles. The Morgan fingerprint density at radius 3 is 2.12 bits per heavy atom. The lowest BCUT2D eigenvalue weighted by molar-refractivity contribution is -0.139. The van der Waals surface area contributed by atoms with Crippen LogP contribution in [0.1, 0.15) is 69.5 Å². The molecule has 1 N–H and O–H groups in total. The Balaban J connectivity index is 1.98. The highest BCUT2D eigenvalue weighted by atomic mass is 35.5. The van der Waals surface area contributed by atoms with Crippen molar-refractivity contribution in [1.29, 1.82) is 0 Å². The number of hydrogen-bond acceptors (Lipinski definition) is 6. The summed E-state index contributed by atoms with van der Waals surface area (Å²) >= 11 is 6.10. The first-order chi connectivity index (χ1) is 19.3. The third-order valence-corrected chi connectivity index (χ3v) is 7.38. The van der Waals surface area contributed by atoms with Crippen LogP contribution in [-0.2, 0) is 16.0 Å². The minimum atomic E-state index is -0.892. The molecular weight excluding hydrogens is 532 g/mol. The molecule has 0 saturated heterocycles. The predicted molar refractivity (Wildman–Crippen MR) is 157 cm³/mol. The number of nitrogens with zero attached hydrogens (tertiary/aromatic N) is 1. The Hall–Kier alpha value is -3.13. The van der Waals surface area contributed by atoms with Gasteiger partial charge in [-0.25, -0.2) is 0 Å². The van der Waals surface area contributed by atoms with Crippen LogP contribution in [0.3, 0.4) is 0 Å². The highest BCUT2D eigenvalue weighted by molar-refractivity contribution is 6.27. The van der Waals surface area contributed by atoms with E-state index in [1.165, 1.54) is 12.8 Å². The van der Waals surface area contributed by atoms with Crippen molar-refractivity contribution in [2.24, 2.45) is 0 Å². The number of carbonyl (C=O) groups is 2. The lowest BCUT2D eigenvalue weighted by Crippen LogP contribution is -2.47. The van der Waals surface area contributed by atoms with Gasteiger partial charge in [0.1, 0.15) is 11.9 Å². The van der Waals surface area contributed by atoms with Crippen LogP contribution in [0.4, 0.5) is 0 Å². The van der Waals surface area contributed by atoms with Gasteiger partial charge in [-0.3, -0.25) is 9.59 Å². The lowest BCUT2D eigenvalue weighted by atomic mass is 10.0. The molecule has 220 valence electrons. The second-order valence-electron chi connectivity index (χ2n) is 10.3. The smallest absolute Gasteiger partial charge is 0.247 e. The highest BCUT2D eigenvalue weighted by Gasteiger charge is 2.33. The third kappa shape index (κ3) is 8.43. The fourth-order valence-corrected chi connectivity index (χ4v) is 5.30. The van der Waals surface area contributed by atoms with Crippen LogP contribution in [0.5, 0.6) is 23.0 Å². The summed E-state index contributed by atoms with van der Waals surface area (Å²) in [7, 11) is 4.73. The average Bonchev–Trinajstić information content (AvgIpc) is 3.23. The molecule has 1 atom stereocenters. The maximum atomic E-state index is 14.0. The number of amides is 2. The second-order valence-corrected chi connectivity index (χ2v) is 10.6. The first-order valence-corrected chi connectivity index (χ1v) is 14.6. The van der Waals surface area contributed by atoms with Crippen LogP contribution < -0.4 is 24.3 Å². The summed E-state index contributed by atoms with van der Waals surface area (Å²) in [5.41, 5.74) is 1.57. The van der Waals surface area contributed by atoms with Crippen LogP contribution in [0.25, 0.3) is 0 Å². The molecule has 0 radical (unpaired) electrons. The van der Waals surface area contributed by atoms with Crippen molar-refractivity contribution in [3.63, 3.8) is 0 Å². The first kappa shape index (κ1) is 31.4. The Morgan fingerprint density at radius 2 is 1.52 bits per heavy atom. The van der Waals surface area contributed by atoms with Crippen molar-refractivity contribution in [1.82, 2.24) is 10.2 Å². The molecule has 0 heterocycles. The van der Waals surface area contributed by atoms with Gasteiger partial charge < -0.3 is 29.2 Å². The van der Waals surface area contributed by atoms with Gasteiger partial charge >= 0.3 is 0 Å². The van der Waals surface area contributed by atoms with Gasteiger partial charge in [-0.05, 0) is 68.5 Å². The Labute approximate surface area is 243 Å². The van der Waals surface area contributed by atoms with E-state index in [1.807, 2.05) is 38.1 Å². The van der Waals surface area contributed by atoms with E-state index in [0.717, 1.165) is 31.2 Å². The molecule has 0 spiro atoms. The molecule has 1 fully saturated rings. The standard InChI is InChI=1S/C31H43ClN2O6/c1-21(2)40-26-15-13-23(19-28(26)39-5)30(31(36)33-24-10-8-6-7-9-11-24)34(29(35)20-32)17-16-22-12-14-25(37-3)27(18-22)38-4/h12-15,18-19,21,24,30H,6-11,16-17,20H2,1-5H3,(H,33,36). The molecule has 1 aliphatic rings. The molecule has 1 saturated carbocycles. The number of benzene rings is 2. The maximum absolute atomic E-state index is 14.0. The van der Waals surface area contributed by atoms with Crippen LogP contribution in [0.15, 0.2) is 36.4 Å². The lowest BCUT2D eigenvalue weighted by Gasteiger charge is -2.33. The molecular formula is C31H43ClN2O6. The van der Waals surface area contributed by atoms with E-state index < -0.39 is 6.04 Å². The van der Waals surface area contributed by atoms with Gasteiger partial charge in [-0.1, -0.05) is 37.8 Å². The Morgan fingerprint density at radius 1 is 0.900 bits per heavy atom. The van der Waals surface area contributed by atoms with Crippen molar-refractivity contribution in [2.45, 2.75) is 77.0 Å². The fourth-order valence-electron chi connectivity index (χ4n) is 5.14. The quantitative estimate of drug-likeness (QED) is 0.244. The molecule has 1 unspecified atom stereocenters. The maximum Gasteiger partial charge on any atom is 0.247 e. The van der Waals surface area contributed by atoms with E-state index in [-0.39, 0.29) is 36.4 Å². The van der Waals surface area contributed by atoms with Gasteiger partial charge in [-0.15, -0.1) is 11.6 Å². The van der Waals surface area contributed by atoms with Crippen molar-refractivity contribution >= 4 is 23.4 Å². The van der Waals surface area contributed by atoms with Gasteiger partial charge in [0.15, 0.2) is 23.0 Å². The summed E-state index contributed by atoms with van der Waals surface area (Å²) in [5.74, 6) is 1.49. The van der Waals surface area contributed by atoms with Crippen LogP contribution in [-0.4, -0.2) is 62.6 Å². The van der Waals surface area contributed by atoms with E-state index in [1.54, 1.807) is 38.4 Å². The number of carbonyl (C=O) groups excluding carboxylic acids is 2. The van der Waals surface area contributed by atoms with Gasteiger partial charge in [0.2, 0.25) is 11.8 Å². The zero-order valence-corrected chi connectivity index (χ0v) is 25.1. The van der Waals surface area contributed by atoms with Crippen LogP contribution in [0.2, 0.25) is 0 Å². The summed E-state index contributed by atoms with van der Waals surface area (Å²) in [6, 6.07) is 10.2. The molecule has 0 bridgehead atoms. The molecule has 0 aromatic heterocycles. The Bertz CT molecular complexity index is 1120. The molecule has 2 aromatic carbocycles. The molecule has 9 heteroatoms. The number of methoxy groups -OCH3 is 3. The van der Waals surface area contributed by atoms with Gasteiger partial charge in [0.05, 0.1) is 27.4 Å². The van der Waals surface area contributed by atoms with Gasteiger partial charge in [0.25, 0.3) is 0 Å². The summed E-state index contributed by atoms with van der Waals surface area (Å²) in [6.45, 7) is 4.15. The minimum absolute atomic E-state index is 0.0510. The largest absolute Gasteiger partial charge is 0.493 e. The number of alkyl halides is 1. The summed E-state index contributed by atoms with van der Waals surface area (Å²) in [5, 5.41) is 3.25. The molecule has 2 amide bonds. The van der Waals surface area contributed by atoms with Gasteiger partial charge in [0, 0.05) is 12.6 Å². The zero-order chi connectivity index (χ0) is 29.1. The fraction of sp³-hybridized carbons (Fsp3) is 0.548. The molecule has 40 heavy (non-hydrogen) atoms. The van der Waals surface area contributed by atoms with Crippen molar-refractivity contribution in [2.75, 3.05) is 33.8 Å². The van der Waals surface area contributed by atoms with Crippen LogP contribution in [0, 0.1) is 0 Å². The highest BCUT2D eigenvalue weighted by Crippen LogP contribution is 2.34. The van der Waals surface area contributed by atoms with E-state index in [9.17, 15) is 9.59 Å². The zero-order valence-electron chi connectivity index (χ0n) is 24.3. The molecule has 3 rings (SSSR count). The Kier molecular flexibility index (Phi) is 12.2. The van der Waals surface area contributed by atoms with Crippen molar-refractivity contribution in [3.05, 3.63) is 47.5 Å². The molecule has 1 aliphatic carbocycles. The number of rotatable bonds is 13. The van der Waals surface area contributed by atoms with E-state index >= 15 is 0 Å². The number of halogens is 1. The monoisotopic (exact) mass is 574 g/mol. The predicted octanol–water partition coefficient (Wildman–Crippen LogP) is 5.69. The second kappa shape index (κ2) is 15.6. The number of ether oxygens (including phenoxy) is 4. The summed E-state index contributed by atoms with van der Waals surface area (Å²) in [6.07, 6.45) is 6.80.